The first-order valence-electron chi connectivity index (χ1n) is 9.40. The van der Waals surface area contributed by atoms with Crippen LogP contribution in [0, 0.1) is 25.7 Å². The summed E-state index contributed by atoms with van der Waals surface area (Å²) in [6.07, 6.45) is 5.15. The Morgan fingerprint density at radius 3 is 2.44 bits per heavy atom. The van der Waals surface area contributed by atoms with E-state index in [2.05, 4.69) is 24.2 Å². The molecule has 4 rings (SSSR count). The maximum atomic E-state index is 13.0. The molecule has 1 amide bonds. The molecule has 1 aromatic carbocycles. The molecule has 0 saturated heterocycles. The van der Waals surface area contributed by atoms with E-state index in [1.165, 1.54) is 25.7 Å². The summed E-state index contributed by atoms with van der Waals surface area (Å²) in [5, 5.41) is 4.53. The van der Waals surface area contributed by atoms with E-state index in [1.54, 1.807) is 0 Å². The number of nitrogens with zero attached hydrogens (tertiary/aromatic N) is 3. The Morgan fingerprint density at radius 1 is 1.20 bits per heavy atom. The quantitative estimate of drug-likeness (QED) is 0.804. The van der Waals surface area contributed by atoms with Gasteiger partial charge in [0.1, 0.15) is 0 Å². The average Bonchev–Trinajstić information content (AvgIpc) is 3.49. The van der Waals surface area contributed by atoms with Gasteiger partial charge in [-0.2, -0.15) is 5.10 Å². The van der Waals surface area contributed by atoms with Gasteiger partial charge in [-0.1, -0.05) is 12.1 Å². The van der Waals surface area contributed by atoms with Crippen LogP contribution in [0.25, 0.3) is 0 Å². The Hall–Kier alpha value is -2.10. The van der Waals surface area contributed by atoms with Crippen molar-refractivity contribution in [2.45, 2.75) is 52.1 Å². The lowest BCUT2D eigenvalue weighted by Crippen LogP contribution is -2.40. The van der Waals surface area contributed by atoms with Gasteiger partial charge >= 0.3 is 0 Å². The van der Waals surface area contributed by atoms with E-state index in [0.29, 0.717) is 12.6 Å². The Kier molecular flexibility index (Phi) is 4.14. The highest BCUT2D eigenvalue weighted by Gasteiger charge is 2.45. The lowest BCUT2D eigenvalue weighted by atomic mass is 10.0. The first-order valence-corrected chi connectivity index (χ1v) is 9.40. The maximum Gasteiger partial charge on any atom is 0.253 e. The summed E-state index contributed by atoms with van der Waals surface area (Å²) >= 11 is 0. The van der Waals surface area contributed by atoms with E-state index in [9.17, 15) is 4.79 Å². The molecule has 2 aliphatic rings. The van der Waals surface area contributed by atoms with Crippen LogP contribution in [0.1, 0.15) is 53.0 Å². The molecule has 0 unspecified atom stereocenters. The summed E-state index contributed by atoms with van der Waals surface area (Å²) in [4.78, 5) is 15.1. The molecule has 2 fully saturated rings. The van der Waals surface area contributed by atoms with Gasteiger partial charge in [0.05, 0.1) is 12.2 Å². The predicted octanol–water partition coefficient (Wildman–Crippen LogP) is 3.81. The number of hydrogen-bond donors (Lipinski definition) is 0. The molecule has 2 aliphatic carbocycles. The van der Waals surface area contributed by atoms with Crippen LogP contribution in [0.4, 0.5) is 0 Å². The van der Waals surface area contributed by atoms with Crippen molar-refractivity contribution in [3.05, 3.63) is 52.8 Å². The molecule has 0 radical (unpaired) electrons. The molecule has 132 valence electrons. The summed E-state index contributed by atoms with van der Waals surface area (Å²) in [7, 11) is 2.00. The molecule has 25 heavy (non-hydrogen) atoms. The molecule has 0 spiro atoms. The topological polar surface area (TPSA) is 38.1 Å². The van der Waals surface area contributed by atoms with Gasteiger partial charge in [-0.25, -0.2) is 0 Å². The van der Waals surface area contributed by atoms with Crippen LogP contribution >= 0.6 is 0 Å². The lowest BCUT2D eigenvalue weighted by Gasteiger charge is -2.28. The maximum absolute atomic E-state index is 13.0. The zero-order valence-corrected chi connectivity index (χ0v) is 15.4. The second kappa shape index (κ2) is 6.32. The predicted molar refractivity (Wildman–Crippen MR) is 98.6 cm³/mol. The Bertz CT molecular complexity index is 774. The zero-order valence-electron chi connectivity index (χ0n) is 15.4. The molecule has 2 saturated carbocycles. The van der Waals surface area contributed by atoms with Crippen molar-refractivity contribution in [2.75, 3.05) is 7.05 Å². The van der Waals surface area contributed by atoms with Gasteiger partial charge < -0.3 is 4.90 Å². The third-order valence-electron chi connectivity index (χ3n) is 5.59. The van der Waals surface area contributed by atoms with Crippen LogP contribution in [0.3, 0.4) is 0 Å². The van der Waals surface area contributed by atoms with Crippen molar-refractivity contribution in [3.63, 3.8) is 0 Å². The molecular formula is C21H27N3O. The first kappa shape index (κ1) is 16.4. The molecule has 1 heterocycles. The molecule has 0 aliphatic heterocycles. The minimum absolute atomic E-state index is 0.166. The second-order valence-electron chi connectivity index (χ2n) is 7.87. The highest BCUT2D eigenvalue weighted by molar-refractivity contribution is 5.94. The number of hydrogen-bond acceptors (Lipinski definition) is 2. The first-order chi connectivity index (χ1) is 12.0. The van der Waals surface area contributed by atoms with Gasteiger partial charge in [0, 0.05) is 24.3 Å². The van der Waals surface area contributed by atoms with Crippen molar-refractivity contribution < 1.29 is 4.79 Å². The number of rotatable bonds is 6. The molecular weight excluding hydrogens is 310 g/mol. The molecule has 4 heteroatoms. The van der Waals surface area contributed by atoms with Crippen LogP contribution in [-0.2, 0) is 6.54 Å². The minimum atomic E-state index is 0.166. The number of amides is 1. The number of aromatic nitrogens is 2. The van der Waals surface area contributed by atoms with Crippen molar-refractivity contribution >= 4 is 5.91 Å². The van der Waals surface area contributed by atoms with Gasteiger partial charge in [0.25, 0.3) is 5.91 Å². The van der Waals surface area contributed by atoms with Crippen molar-refractivity contribution in [3.8, 4) is 0 Å². The van der Waals surface area contributed by atoms with Crippen LogP contribution in [0.2, 0.25) is 0 Å². The molecule has 0 bridgehead atoms. The van der Waals surface area contributed by atoms with E-state index in [-0.39, 0.29) is 5.91 Å². The fraction of sp³-hybridized carbons (Fsp3) is 0.524. The molecule has 2 aromatic rings. The van der Waals surface area contributed by atoms with E-state index in [4.69, 9.17) is 0 Å². The largest absolute Gasteiger partial charge is 0.338 e. The van der Waals surface area contributed by atoms with Gasteiger partial charge in [-0.3, -0.25) is 9.48 Å². The smallest absolute Gasteiger partial charge is 0.253 e. The van der Waals surface area contributed by atoms with Crippen molar-refractivity contribution in [1.82, 2.24) is 14.7 Å². The van der Waals surface area contributed by atoms with E-state index >= 15 is 0 Å². The molecule has 0 N–H and O–H groups in total. The highest BCUT2D eigenvalue weighted by Crippen LogP contribution is 2.47. The van der Waals surface area contributed by atoms with Crippen molar-refractivity contribution in [1.29, 1.82) is 0 Å². The van der Waals surface area contributed by atoms with E-state index in [1.807, 2.05) is 41.8 Å². The number of carbonyl (C=O) groups excluding carboxylic acids is 1. The van der Waals surface area contributed by atoms with Crippen LogP contribution in [0.5, 0.6) is 0 Å². The van der Waals surface area contributed by atoms with Gasteiger partial charge in [-0.05, 0) is 75.1 Å². The minimum Gasteiger partial charge on any atom is -0.338 e. The summed E-state index contributed by atoms with van der Waals surface area (Å²) in [5.74, 6) is 1.64. The average molecular weight is 337 g/mol. The number of benzene rings is 1. The Labute approximate surface area is 149 Å². The van der Waals surface area contributed by atoms with Crippen LogP contribution in [-0.4, -0.2) is 33.7 Å². The second-order valence-corrected chi connectivity index (χ2v) is 7.87. The fourth-order valence-electron chi connectivity index (χ4n) is 4.04. The molecule has 0 atom stereocenters. The number of aryl methyl sites for hydroxylation is 2. The standard InChI is InChI=1S/C21H27N3O/c1-14-11-15(2)24(22-14)13-16-5-4-6-19(12-16)21(25)23(3)20(17-7-8-17)18-9-10-18/h4-6,11-12,17-18,20H,7-10,13H2,1-3H3. The summed E-state index contributed by atoms with van der Waals surface area (Å²) in [6, 6.07) is 10.6. The van der Waals surface area contributed by atoms with Gasteiger partial charge in [0.15, 0.2) is 0 Å². The molecule has 4 nitrogen and oxygen atoms in total. The summed E-state index contributed by atoms with van der Waals surface area (Å²) in [5.41, 5.74) is 4.10. The normalized spacial score (nSPS) is 17.1. The highest BCUT2D eigenvalue weighted by atomic mass is 16.2. The van der Waals surface area contributed by atoms with Crippen LogP contribution in [0.15, 0.2) is 30.3 Å². The summed E-state index contributed by atoms with van der Waals surface area (Å²) < 4.78 is 2.00. The van der Waals surface area contributed by atoms with E-state index < -0.39 is 0 Å². The third kappa shape index (κ3) is 3.48. The molecule has 1 aromatic heterocycles. The monoisotopic (exact) mass is 337 g/mol. The van der Waals surface area contributed by atoms with Crippen molar-refractivity contribution in [2.24, 2.45) is 11.8 Å². The van der Waals surface area contributed by atoms with Crippen LogP contribution < -0.4 is 0 Å². The lowest BCUT2D eigenvalue weighted by molar-refractivity contribution is 0.0690. The fourth-order valence-corrected chi connectivity index (χ4v) is 4.04. The van der Waals surface area contributed by atoms with Gasteiger partial charge in [0.2, 0.25) is 0 Å². The zero-order chi connectivity index (χ0) is 17.6. The number of carbonyl (C=O) groups is 1. The van der Waals surface area contributed by atoms with E-state index in [0.717, 1.165) is 34.4 Å². The van der Waals surface area contributed by atoms with Gasteiger partial charge in [-0.15, -0.1) is 0 Å². The Morgan fingerprint density at radius 2 is 1.88 bits per heavy atom. The SMILES string of the molecule is Cc1cc(C)n(Cc2cccc(C(=O)N(C)C(C3CC3)C3CC3)c2)n1. The Balaban J connectivity index is 1.52. The summed E-state index contributed by atoms with van der Waals surface area (Å²) in [6.45, 7) is 4.78. The third-order valence-corrected chi connectivity index (χ3v) is 5.59.